The van der Waals surface area contributed by atoms with Gasteiger partial charge in [-0.05, 0) is 31.0 Å². The van der Waals surface area contributed by atoms with Crippen LogP contribution in [0.3, 0.4) is 0 Å². The zero-order valence-corrected chi connectivity index (χ0v) is 17.2. The first-order valence-corrected chi connectivity index (χ1v) is 10.8. The minimum absolute atomic E-state index is 0.0415. The maximum Gasteiger partial charge on any atom is 0.234 e. The standard InChI is InChI=1S/C22H19N3OS2/c1-14-8-9-18(15(2)10-14)25-19(26)12-28-22-20-17(16-6-4-3-5-7-16)11-27-21(20)23-13-24-22/h3-11,13H,12H2,1-2H3,(H,25,26). The lowest BCUT2D eigenvalue weighted by Crippen LogP contribution is -2.15. The molecule has 0 radical (unpaired) electrons. The van der Waals surface area contributed by atoms with Gasteiger partial charge in [-0.2, -0.15) is 0 Å². The van der Waals surface area contributed by atoms with Crippen molar-refractivity contribution in [3.63, 3.8) is 0 Å². The molecule has 4 rings (SSSR count). The maximum absolute atomic E-state index is 12.5. The van der Waals surface area contributed by atoms with E-state index in [4.69, 9.17) is 0 Å². The molecule has 1 N–H and O–H groups in total. The van der Waals surface area contributed by atoms with Gasteiger partial charge in [0.25, 0.3) is 0 Å². The van der Waals surface area contributed by atoms with E-state index in [2.05, 4.69) is 38.9 Å². The number of rotatable bonds is 5. The molecule has 4 nitrogen and oxygen atoms in total. The second kappa shape index (κ2) is 8.12. The fourth-order valence-corrected chi connectivity index (χ4v) is 4.85. The molecule has 28 heavy (non-hydrogen) atoms. The molecule has 0 bridgehead atoms. The number of fused-ring (bicyclic) bond motifs is 1. The van der Waals surface area contributed by atoms with Gasteiger partial charge in [0.1, 0.15) is 16.2 Å². The van der Waals surface area contributed by atoms with Crippen LogP contribution < -0.4 is 5.32 Å². The lowest BCUT2D eigenvalue weighted by atomic mass is 10.1. The smallest absolute Gasteiger partial charge is 0.234 e. The zero-order valence-electron chi connectivity index (χ0n) is 15.6. The Morgan fingerprint density at radius 1 is 1.11 bits per heavy atom. The molecule has 0 saturated heterocycles. The number of aryl methyl sites for hydroxylation is 2. The molecule has 0 aliphatic rings. The van der Waals surface area contributed by atoms with Gasteiger partial charge in [-0.15, -0.1) is 11.3 Å². The van der Waals surface area contributed by atoms with Crippen molar-refractivity contribution in [2.45, 2.75) is 18.9 Å². The van der Waals surface area contributed by atoms with E-state index in [-0.39, 0.29) is 5.91 Å². The first-order chi connectivity index (χ1) is 13.6. The van der Waals surface area contributed by atoms with E-state index < -0.39 is 0 Å². The van der Waals surface area contributed by atoms with Gasteiger partial charge >= 0.3 is 0 Å². The quantitative estimate of drug-likeness (QED) is 0.341. The van der Waals surface area contributed by atoms with Gasteiger partial charge in [-0.3, -0.25) is 4.79 Å². The predicted octanol–water partition coefficient (Wildman–Crippen LogP) is 5.71. The fraction of sp³-hybridized carbons (Fsp3) is 0.136. The summed E-state index contributed by atoms with van der Waals surface area (Å²) in [6.45, 7) is 4.04. The summed E-state index contributed by atoms with van der Waals surface area (Å²) in [4.78, 5) is 22.3. The number of aromatic nitrogens is 2. The second-order valence-corrected chi connectivity index (χ2v) is 8.35. The number of carbonyl (C=O) groups is 1. The average Bonchev–Trinajstić information content (AvgIpc) is 3.14. The van der Waals surface area contributed by atoms with Crippen LogP contribution in [-0.4, -0.2) is 21.6 Å². The highest BCUT2D eigenvalue weighted by Gasteiger charge is 2.15. The average molecular weight is 406 g/mol. The molecule has 1 amide bonds. The van der Waals surface area contributed by atoms with E-state index in [9.17, 15) is 4.79 Å². The number of amides is 1. The lowest BCUT2D eigenvalue weighted by Gasteiger charge is -2.09. The van der Waals surface area contributed by atoms with Gasteiger partial charge in [-0.25, -0.2) is 9.97 Å². The maximum atomic E-state index is 12.5. The monoisotopic (exact) mass is 405 g/mol. The van der Waals surface area contributed by atoms with E-state index in [1.165, 1.54) is 17.3 Å². The molecule has 4 aromatic rings. The molecular formula is C22H19N3OS2. The normalized spacial score (nSPS) is 10.9. The van der Waals surface area contributed by atoms with Crippen LogP contribution in [0.25, 0.3) is 21.3 Å². The lowest BCUT2D eigenvalue weighted by molar-refractivity contribution is -0.113. The van der Waals surface area contributed by atoms with Crippen molar-refractivity contribution >= 4 is 44.9 Å². The third-order valence-electron chi connectivity index (χ3n) is 4.42. The van der Waals surface area contributed by atoms with E-state index in [0.717, 1.165) is 37.6 Å². The molecule has 0 spiro atoms. The minimum atomic E-state index is -0.0415. The molecule has 0 saturated carbocycles. The van der Waals surface area contributed by atoms with Gasteiger partial charge in [-0.1, -0.05) is 59.8 Å². The molecule has 2 aromatic carbocycles. The Balaban J connectivity index is 1.55. The van der Waals surface area contributed by atoms with E-state index in [1.54, 1.807) is 17.7 Å². The highest BCUT2D eigenvalue weighted by molar-refractivity contribution is 8.00. The summed E-state index contributed by atoms with van der Waals surface area (Å²) >= 11 is 3.04. The van der Waals surface area contributed by atoms with Crippen molar-refractivity contribution in [3.05, 3.63) is 71.4 Å². The molecule has 140 valence electrons. The van der Waals surface area contributed by atoms with Crippen molar-refractivity contribution in [2.24, 2.45) is 0 Å². The predicted molar refractivity (Wildman–Crippen MR) is 118 cm³/mol. The number of nitrogens with one attached hydrogen (secondary N) is 1. The van der Waals surface area contributed by atoms with Gasteiger partial charge in [0, 0.05) is 16.6 Å². The Morgan fingerprint density at radius 3 is 2.71 bits per heavy atom. The van der Waals surface area contributed by atoms with E-state index in [1.807, 2.05) is 44.2 Å². The Bertz CT molecular complexity index is 1140. The van der Waals surface area contributed by atoms with Crippen LogP contribution in [0.5, 0.6) is 0 Å². The van der Waals surface area contributed by atoms with Crippen LogP contribution >= 0.6 is 23.1 Å². The molecule has 0 aliphatic heterocycles. The summed E-state index contributed by atoms with van der Waals surface area (Å²) in [6.07, 6.45) is 1.57. The highest BCUT2D eigenvalue weighted by Crippen LogP contribution is 2.37. The van der Waals surface area contributed by atoms with Gasteiger partial charge in [0.15, 0.2) is 0 Å². The molecular weight excluding hydrogens is 386 g/mol. The Labute approximate surface area is 172 Å². The number of carbonyl (C=O) groups excluding carboxylic acids is 1. The SMILES string of the molecule is Cc1ccc(NC(=O)CSc2ncnc3scc(-c4ccccc4)c23)c(C)c1. The Kier molecular flexibility index (Phi) is 5.41. The number of nitrogens with zero attached hydrogens (tertiary/aromatic N) is 2. The fourth-order valence-electron chi connectivity index (χ4n) is 3.06. The number of hydrogen-bond acceptors (Lipinski definition) is 5. The molecule has 0 aliphatic carbocycles. The topological polar surface area (TPSA) is 54.9 Å². The summed E-state index contributed by atoms with van der Waals surface area (Å²) in [5.74, 6) is 0.254. The number of anilines is 1. The largest absolute Gasteiger partial charge is 0.325 e. The third kappa shape index (κ3) is 3.93. The summed E-state index contributed by atoms with van der Waals surface area (Å²) in [5, 5.41) is 6.95. The van der Waals surface area contributed by atoms with Crippen LogP contribution in [0.2, 0.25) is 0 Å². The molecule has 2 aromatic heterocycles. The number of benzene rings is 2. The van der Waals surface area contributed by atoms with Crippen LogP contribution in [0.4, 0.5) is 5.69 Å². The van der Waals surface area contributed by atoms with Gasteiger partial charge in [0.2, 0.25) is 5.91 Å². The van der Waals surface area contributed by atoms with Crippen molar-refractivity contribution in [1.82, 2.24) is 9.97 Å². The summed E-state index contributed by atoms with van der Waals surface area (Å²) in [5.41, 5.74) is 5.33. The van der Waals surface area contributed by atoms with E-state index in [0.29, 0.717) is 5.75 Å². The molecule has 0 unspecified atom stereocenters. The summed E-state index contributed by atoms with van der Waals surface area (Å²) in [6, 6.07) is 16.2. The van der Waals surface area contributed by atoms with Gasteiger partial charge < -0.3 is 5.32 Å². The Morgan fingerprint density at radius 2 is 1.93 bits per heavy atom. The van der Waals surface area contributed by atoms with Crippen molar-refractivity contribution in [3.8, 4) is 11.1 Å². The molecule has 6 heteroatoms. The second-order valence-electron chi connectivity index (χ2n) is 6.53. The number of thiophene rings is 1. The third-order valence-corrected chi connectivity index (χ3v) is 6.29. The van der Waals surface area contributed by atoms with Crippen molar-refractivity contribution in [2.75, 3.05) is 11.1 Å². The minimum Gasteiger partial charge on any atom is -0.325 e. The molecule has 2 heterocycles. The summed E-state index contributed by atoms with van der Waals surface area (Å²) < 4.78 is 0. The first-order valence-electron chi connectivity index (χ1n) is 8.89. The van der Waals surface area contributed by atoms with Crippen LogP contribution in [0.15, 0.2) is 65.3 Å². The first kappa shape index (κ1) is 18.7. The molecule has 0 fully saturated rings. The van der Waals surface area contributed by atoms with Crippen molar-refractivity contribution in [1.29, 1.82) is 0 Å². The number of thioether (sulfide) groups is 1. The van der Waals surface area contributed by atoms with Crippen molar-refractivity contribution < 1.29 is 4.79 Å². The summed E-state index contributed by atoms with van der Waals surface area (Å²) in [7, 11) is 0. The van der Waals surface area contributed by atoms with Gasteiger partial charge in [0.05, 0.1) is 11.1 Å². The van der Waals surface area contributed by atoms with Crippen LogP contribution in [0, 0.1) is 13.8 Å². The van der Waals surface area contributed by atoms with Crippen LogP contribution in [0.1, 0.15) is 11.1 Å². The highest BCUT2D eigenvalue weighted by atomic mass is 32.2. The zero-order chi connectivity index (χ0) is 19.5. The number of hydrogen-bond donors (Lipinski definition) is 1. The van der Waals surface area contributed by atoms with Crippen LogP contribution in [-0.2, 0) is 4.79 Å². The molecule has 0 atom stereocenters. The van der Waals surface area contributed by atoms with E-state index >= 15 is 0 Å². The Hall–Kier alpha value is -2.70.